The predicted molar refractivity (Wildman–Crippen MR) is 130 cm³/mol. The van der Waals surface area contributed by atoms with Crippen molar-refractivity contribution in [2.75, 3.05) is 49.7 Å². The Morgan fingerprint density at radius 2 is 1.88 bits per heavy atom. The number of nitrogens with one attached hydrogen (secondary N) is 3. The molecule has 0 bridgehead atoms. The van der Waals surface area contributed by atoms with E-state index in [1.165, 1.54) is 11.8 Å². The molecule has 11 heteroatoms. The van der Waals surface area contributed by atoms with Crippen molar-refractivity contribution in [1.82, 2.24) is 19.9 Å². The molecule has 10 nitrogen and oxygen atoms in total. The Morgan fingerprint density at radius 3 is 2.56 bits per heavy atom. The molecule has 1 aliphatic heterocycles. The summed E-state index contributed by atoms with van der Waals surface area (Å²) in [5.74, 6) is 1.36. The number of nitrogens with zero attached hydrogens (tertiary/aromatic N) is 6. The van der Waals surface area contributed by atoms with Crippen molar-refractivity contribution in [3.63, 3.8) is 0 Å². The van der Waals surface area contributed by atoms with E-state index in [1.807, 2.05) is 52.2 Å². The smallest absolute Gasteiger partial charge is 0.235 e. The van der Waals surface area contributed by atoms with E-state index < -0.39 is 0 Å². The third kappa shape index (κ3) is 7.57. The van der Waals surface area contributed by atoms with Crippen LogP contribution in [-0.2, 0) is 4.79 Å². The van der Waals surface area contributed by atoms with Gasteiger partial charge in [0.25, 0.3) is 0 Å². The summed E-state index contributed by atoms with van der Waals surface area (Å²) in [5.41, 5.74) is 1.78. The number of rotatable bonds is 9. The van der Waals surface area contributed by atoms with E-state index in [4.69, 9.17) is 0 Å². The Hall–Kier alpha value is -3.05. The van der Waals surface area contributed by atoms with Gasteiger partial charge in [0, 0.05) is 48.8 Å². The van der Waals surface area contributed by atoms with Crippen LogP contribution in [-0.4, -0.2) is 71.2 Å². The van der Waals surface area contributed by atoms with Gasteiger partial charge in [0.05, 0.1) is 0 Å². The first-order valence-electron chi connectivity index (χ1n) is 10.5. The van der Waals surface area contributed by atoms with Gasteiger partial charge < -0.3 is 15.5 Å². The average molecular weight is 456 g/mol. The van der Waals surface area contributed by atoms with Gasteiger partial charge in [0.1, 0.15) is 0 Å². The van der Waals surface area contributed by atoms with Gasteiger partial charge in [0.2, 0.25) is 23.8 Å². The van der Waals surface area contributed by atoms with Crippen LogP contribution in [0.25, 0.3) is 0 Å². The average Bonchev–Trinajstić information content (AvgIpc) is 2.75. The highest BCUT2D eigenvalue weighted by molar-refractivity contribution is 7.99. The Bertz CT molecular complexity index is 989. The number of guanidine groups is 1. The third-order valence-electron chi connectivity index (χ3n) is 4.38. The van der Waals surface area contributed by atoms with E-state index in [0.717, 1.165) is 29.3 Å². The van der Waals surface area contributed by atoms with Crippen molar-refractivity contribution in [2.45, 2.75) is 36.7 Å². The summed E-state index contributed by atoms with van der Waals surface area (Å²) < 4.78 is 0. The first kappa shape index (κ1) is 23.6. The zero-order valence-electron chi connectivity index (χ0n) is 18.8. The second-order valence-electron chi connectivity index (χ2n) is 7.45. The number of carbonyl (C=O) groups is 1. The maximum atomic E-state index is 11.6. The lowest BCUT2D eigenvalue weighted by atomic mass is 10.3. The van der Waals surface area contributed by atoms with Crippen molar-refractivity contribution in [2.24, 2.45) is 9.98 Å². The fourth-order valence-electron chi connectivity index (χ4n) is 2.65. The van der Waals surface area contributed by atoms with Gasteiger partial charge in [-0.15, -0.1) is 0 Å². The van der Waals surface area contributed by atoms with Crippen LogP contribution >= 0.6 is 11.8 Å². The summed E-state index contributed by atoms with van der Waals surface area (Å²) in [4.78, 5) is 37.0. The van der Waals surface area contributed by atoms with Gasteiger partial charge in [-0.1, -0.05) is 6.92 Å². The number of aliphatic imine (C=N–C) groups is 2. The summed E-state index contributed by atoms with van der Waals surface area (Å²) in [7, 11) is 4.02. The van der Waals surface area contributed by atoms with Crippen LogP contribution in [0.3, 0.4) is 0 Å². The molecule has 1 aromatic heterocycles. The standard InChI is InChI=1S/C21H29N9OS/c1-5-17(31)25-15-6-8-16(9-7-15)32-21-28-19(23-12-13-30(3)4)27-20(29-21)26-18-22-11-10-14(2)24-18/h6-9H,5,10-13H2,1-4H3,(H,25,31)(H2,22,23,26,27,28,29). The molecule has 0 spiro atoms. The molecule has 3 rings (SSSR count). The zero-order valence-corrected chi connectivity index (χ0v) is 19.7. The summed E-state index contributed by atoms with van der Waals surface area (Å²) >= 11 is 1.41. The molecule has 32 heavy (non-hydrogen) atoms. The van der Waals surface area contributed by atoms with Gasteiger partial charge in [-0.05, 0) is 57.0 Å². The van der Waals surface area contributed by atoms with Crippen LogP contribution in [0.2, 0.25) is 0 Å². The Morgan fingerprint density at radius 1 is 1.12 bits per heavy atom. The third-order valence-corrected chi connectivity index (χ3v) is 5.25. The van der Waals surface area contributed by atoms with E-state index >= 15 is 0 Å². The van der Waals surface area contributed by atoms with Crippen LogP contribution in [0, 0.1) is 0 Å². The second-order valence-corrected chi connectivity index (χ2v) is 8.49. The van der Waals surface area contributed by atoms with Crippen molar-refractivity contribution in [3.8, 4) is 0 Å². The Kier molecular flexibility index (Phi) is 8.51. The van der Waals surface area contributed by atoms with Crippen LogP contribution in [0.5, 0.6) is 0 Å². The molecule has 2 heterocycles. The van der Waals surface area contributed by atoms with Crippen LogP contribution in [0.15, 0.2) is 44.3 Å². The van der Waals surface area contributed by atoms with E-state index in [9.17, 15) is 4.79 Å². The Labute approximate surface area is 192 Å². The maximum absolute atomic E-state index is 11.6. The molecule has 170 valence electrons. The van der Waals surface area contributed by atoms with E-state index in [-0.39, 0.29) is 5.91 Å². The molecule has 1 aliphatic rings. The van der Waals surface area contributed by atoms with Crippen molar-refractivity contribution in [3.05, 3.63) is 24.3 Å². The van der Waals surface area contributed by atoms with Crippen LogP contribution in [0.4, 0.5) is 17.6 Å². The van der Waals surface area contributed by atoms with Gasteiger partial charge in [-0.2, -0.15) is 15.0 Å². The Balaban J connectivity index is 1.77. The van der Waals surface area contributed by atoms with E-state index in [0.29, 0.717) is 42.5 Å². The second kappa shape index (κ2) is 11.5. The number of benzene rings is 1. The number of hydrogen-bond donors (Lipinski definition) is 3. The maximum Gasteiger partial charge on any atom is 0.235 e. The quantitative estimate of drug-likeness (QED) is 0.528. The fourth-order valence-corrected chi connectivity index (χ4v) is 3.40. The molecule has 1 aromatic carbocycles. The molecule has 1 amide bonds. The predicted octanol–water partition coefficient (Wildman–Crippen LogP) is 2.98. The minimum absolute atomic E-state index is 0.0180. The molecule has 2 aromatic rings. The minimum Gasteiger partial charge on any atom is -0.353 e. The summed E-state index contributed by atoms with van der Waals surface area (Å²) in [5, 5.41) is 9.73. The van der Waals surface area contributed by atoms with Crippen molar-refractivity contribution in [1.29, 1.82) is 0 Å². The number of anilines is 3. The lowest BCUT2D eigenvalue weighted by Crippen LogP contribution is -2.22. The molecular weight excluding hydrogens is 426 g/mol. The topological polar surface area (TPSA) is 120 Å². The zero-order chi connectivity index (χ0) is 22.9. The summed E-state index contributed by atoms with van der Waals surface area (Å²) in [6.07, 6.45) is 1.30. The van der Waals surface area contributed by atoms with Crippen LogP contribution in [0.1, 0.15) is 26.7 Å². The molecule has 0 atom stereocenters. The number of amides is 1. The van der Waals surface area contributed by atoms with Crippen molar-refractivity contribution < 1.29 is 4.79 Å². The van der Waals surface area contributed by atoms with Gasteiger partial charge in [-0.3, -0.25) is 15.1 Å². The molecule has 0 fully saturated rings. The molecule has 0 saturated heterocycles. The summed E-state index contributed by atoms with van der Waals surface area (Å²) in [6.45, 7) is 6.04. The molecule has 0 radical (unpaired) electrons. The van der Waals surface area contributed by atoms with E-state index in [2.05, 4.69) is 45.8 Å². The first-order valence-corrected chi connectivity index (χ1v) is 11.3. The van der Waals surface area contributed by atoms with Gasteiger partial charge in [-0.25, -0.2) is 4.99 Å². The lowest BCUT2D eigenvalue weighted by molar-refractivity contribution is -0.115. The first-order chi connectivity index (χ1) is 15.4. The molecular formula is C21H29N9OS. The highest BCUT2D eigenvalue weighted by atomic mass is 32.2. The molecule has 0 unspecified atom stereocenters. The molecule has 0 aliphatic carbocycles. The highest BCUT2D eigenvalue weighted by Gasteiger charge is 2.12. The largest absolute Gasteiger partial charge is 0.353 e. The van der Waals surface area contributed by atoms with E-state index in [1.54, 1.807) is 0 Å². The van der Waals surface area contributed by atoms with Crippen molar-refractivity contribution >= 4 is 46.9 Å². The summed E-state index contributed by atoms with van der Waals surface area (Å²) in [6, 6.07) is 7.57. The van der Waals surface area contributed by atoms with Gasteiger partial charge in [0.15, 0.2) is 5.16 Å². The normalized spacial score (nSPS) is 13.4. The SMILES string of the molecule is CCC(=O)Nc1ccc(Sc2nc(NCCN(C)C)nc(NC3=NCCC(C)=N3)n2)cc1. The highest BCUT2D eigenvalue weighted by Crippen LogP contribution is 2.27. The monoisotopic (exact) mass is 455 g/mol. The van der Waals surface area contributed by atoms with Crippen LogP contribution < -0.4 is 16.0 Å². The molecule has 0 saturated carbocycles. The number of hydrogen-bond acceptors (Lipinski definition) is 10. The minimum atomic E-state index is -0.0180. The van der Waals surface area contributed by atoms with Gasteiger partial charge >= 0.3 is 0 Å². The molecule has 3 N–H and O–H groups in total. The lowest BCUT2D eigenvalue weighted by Gasteiger charge is -2.13. The number of aromatic nitrogens is 3. The number of carbonyl (C=O) groups excluding carboxylic acids is 1. The number of likely N-dealkylation sites (N-methyl/N-ethyl adjacent to an activating group) is 1. The fraction of sp³-hybridized carbons (Fsp3) is 0.429.